The number of benzene rings is 3. The van der Waals surface area contributed by atoms with Gasteiger partial charge in [0.25, 0.3) is 11.8 Å². The summed E-state index contributed by atoms with van der Waals surface area (Å²) < 4.78 is 0. The van der Waals surface area contributed by atoms with Crippen molar-refractivity contribution in [2.24, 2.45) is 0 Å². The lowest BCUT2D eigenvalue weighted by molar-refractivity contribution is -0.128. The van der Waals surface area contributed by atoms with Gasteiger partial charge in [0, 0.05) is 36.3 Å². The largest absolute Gasteiger partial charge is 0.338 e. The molecule has 0 spiro atoms. The summed E-state index contributed by atoms with van der Waals surface area (Å²) in [5.41, 5.74) is 3.58. The van der Waals surface area contributed by atoms with Crippen LogP contribution in [0.3, 0.4) is 0 Å². The van der Waals surface area contributed by atoms with Crippen molar-refractivity contribution in [3.05, 3.63) is 89.5 Å². The molecule has 0 bridgehead atoms. The lowest BCUT2D eigenvalue weighted by Gasteiger charge is -2.29. The van der Waals surface area contributed by atoms with Gasteiger partial charge in [-0.1, -0.05) is 24.3 Å². The Kier molecular flexibility index (Phi) is 6.01. The predicted molar refractivity (Wildman–Crippen MR) is 132 cm³/mol. The number of anilines is 3. The van der Waals surface area contributed by atoms with Crippen LogP contribution in [0.2, 0.25) is 0 Å². The van der Waals surface area contributed by atoms with Gasteiger partial charge in [0.05, 0.1) is 11.4 Å². The molecule has 3 aromatic rings. The standard InChI is InChI=1S/C27H24N4O4/c32-24-17-31(23-8-2-1-7-22(23)29-24)27(35)19-10-12-21(13-11-19)28-26(34)20-6-3-5-18(15-20)16-30-14-4-9-25(30)33/h1-3,5-8,10-13,15H,4,9,14,16-17H2,(H,28,34)(H,29,32). The molecule has 0 aromatic heterocycles. The van der Waals surface area contributed by atoms with Crippen LogP contribution in [0.15, 0.2) is 72.8 Å². The highest BCUT2D eigenvalue weighted by Crippen LogP contribution is 2.30. The van der Waals surface area contributed by atoms with Gasteiger partial charge >= 0.3 is 0 Å². The molecule has 35 heavy (non-hydrogen) atoms. The van der Waals surface area contributed by atoms with Crippen molar-refractivity contribution in [1.29, 1.82) is 0 Å². The SMILES string of the molecule is O=C1CN(C(=O)c2ccc(NC(=O)c3cccc(CN4CCCC4=O)c3)cc2)c2ccccc2N1. The number of hydrogen-bond acceptors (Lipinski definition) is 4. The fourth-order valence-electron chi connectivity index (χ4n) is 4.37. The zero-order valence-corrected chi connectivity index (χ0v) is 19.0. The Morgan fingerprint density at radius 1 is 0.914 bits per heavy atom. The molecule has 0 atom stereocenters. The molecule has 176 valence electrons. The zero-order chi connectivity index (χ0) is 24.4. The van der Waals surface area contributed by atoms with Gasteiger partial charge in [-0.05, 0) is 60.5 Å². The molecule has 5 rings (SSSR count). The number of fused-ring (bicyclic) bond motifs is 1. The minimum absolute atomic E-state index is 0.0618. The summed E-state index contributed by atoms with van der Waals surface area (Å²) in [6.07, 6.45) is 1.45. The van der Waals surface area contributed by atoms with Crippen molar-refractivity contribution in [1.82, 2.24) is 4.90 Å². The smallest absolute Gasteiger partial charge is 0.258 e. The van der Waals surface area contributed by atoms with Crippen molar-refractivity contribution >= 4 is 40.7 Å². The minimum Gasteiger partial charge on any atom is -0.338 e. The van der Waals surface area contributed by atoms with Crippen molar-refractivity contribution in [3.8, 4) is 0 Å². The van der Waals surface area contributed by atoms with Crippen LogP contribution in [0.5, 0.6) is 0 Å². The Hall–Kier alpha value is -4.46. The molecule has 2 aliphatic rings. The van der Waals surface area contributed by atoms with E-state index in [1.165, 1.54) is 4.90 Å². The van der Waals surface area contributed by atoms with Gasteiger partial charge in [0.2, 0.25) is 11.8 Å². The van der Waals surface area contributed by atoms with E-state index in [1.54, 1.807) is 65.6 Å². The van der Waals surface area contributed by atoms with E-state index in [2.05, 4.69) is 10.6 Å². The fourth-order valence-corrected chi connectivity index (χ4v) is 4.37. The van der Waals surface area contributed by atoms with Crippen LogP contribution in [-0.4, -0.2) is 41.6 Å². The van der Waals surface area contributed by atoms with Crippen LogP contribution in [-0.2, 0) is 16.1 Å². The van der Waals surface area contributed by atoms with E-state index < -0.39 is 0 Å². The van der Waals surface area contributed by atoms with Crippen LogP contribution in [0.25, 0.3) is 0 Å². The summed E-state index contributed by atoms with van der Waals surface area (Å²) >= 11 is 0. The topological polar surface area (TPSA) is 98.8 Å². The first-order valence-electron chi connectivity index (χ1n) is 11.5. The van der Waals surface area contributed by atoms with E-state index in [0.29, 0.717) is 41.2 Å². The van der Waals surface area contributed by atoms with E-state index >= 15 is 0 Å². The number of amides is 4. The molecule has 0 aliphatic carbocycles. The van der Waals surface area contributed by atoms with Crippen LogP contribution < -0.4 is 15.5 Å². The average molecular weight is 469 g/mol. The molecule has 0 unspecified atom stereocenters. The number of carbonyl (C=O) groups excluding carboxylic acids is 4. The van der Waals surface area contributed by atoms with Gasteiger partial charge in [-0.2, -0.15) is 0 Å². The second-order valence-corrected chi connectivity index (χ2v) is 8.61. The quantitative estimate of drug-likeness (QED) is 0.597. The third-order valence-electron chi connectivity index (χ3n) is 6.14. The number of nitrogens with zero attached hydrogens (tertiary/aromatic N) is 2. The highest BCUT2D eigenvalue weighted by molar-refractivity contribution is 6.15. The maximum atomic E-state index is 13.1. The minimum atomic E-state index is -0.297. The lowest BCUT2D eigenvalue weighted by atomic mass is 10.1. The van der Waals surface area contributed by atoms with Crippen molar-refractivity contribution in [2.45, 2.75) is 19.4 Å². The van der Waals surface area contributed by atoms with E-state index in [1.807, 2.05) is 12.1 Å². The maximum Gasteiger partial charge on any atom is 0.258 e. The lowest BCUT2D eigenvalue weighted by Crippen LogP contribution is -2.42. The number of likely N-dealkylation sites (tertiary alicyclic amines) is 1. The molecule has 2 N–H and O–H groups in total. The summed E-state index contributed by atoms with van der Waals surface area (Å²) in [4.78, 5) is 53.1. The van der Waals surface area contributed by atoms with Crippen molar-refractivity contribution < 1.29 is 19.2 Å². The Balaban J connectivity index is 1.26. The third kappa shape index (κ3) is 4.77. The Bertz CT molecular complexity index is 1320. The van der Waals surface area contributed by atoms with Gasteiger partial charge in [-0.3, -0.25) is 24.1 Å². The van der Waals surface area contributed by atoms with Gasteiger partial charge in [-0.25, -0.2) is 0 Å². The summed E-state index contributed by atoms with van der Waals surface area (Å²) in [6.45, 7) is 1.18. The second kappa shape index (κ2) is 9.42. The second-order valence-electron chi connectivity index (χ2n) is 8.61. The van der Waals surface area contributed by atoms with Crippen LogP contribution in [0.4, 0.5) is 17.1 Å². The van der Waals surface area contributed by atoms with Crippen molar-refractivity contribution in [3.63, 3.8) is 0 Å². The van der Waals surface area contributed by atoms with Gasteiger partial charge in [0.15, 0.2) is 0 Å². The zero-order valence-electron chi connectivity index (χ0n) is 19.0. The summed E-state index contributed by atoms with van der Waals surface area (Å²) in [5, 5.41) is 5.62. The molecular weight excluding hydrogens is 444 g/mol. The van der Waals surface area contributed by atoms with E-state index in [4.69, 9.17) is 0 Å². The van der Waals surface area contributed by atoms with Gasteiger partial charge < -0.3 is 15.5 Å². The molecule has 8 heteroatoms. The van der Waals surface area contributed by atoms with E-state index in [0.717, 1.165) is 18.5 Å². The average Bonchev–Trinajstić information content (AvgIpc) is 3.27. The van der Waals surface area contributed by atoms with E-state index in [-0.39, 0.29) is 30.2 Å². The number of carbonyl (C=O) groups is 4. The van der Waals surface area contributed by atoms with E-state index in [9.17, 15) is 19.2 Å². The normalized spacial score (nSPS) is 15.0. The molecule has 0 saturated carbocycles. The summed E-state index contributed by atoms with van der Waals surface area (Å²) in [6, 6.07) is 20.9. The third-order valence-corrected chi connectivity index (χ3v) is 6.14. The number of rotatable bonds is 5. The molecule has 0 radical (unpaired) electrons. The number of hydrogen-bond donors (Lipinski definition) is 2. The maximum absolute atomic E-state index is 13.1. The molecule has 4 amide bonds. The van der Waals surface area contributed by atoms with Crippen molar-refractivity contribution in [2.75, 3.05) is 28.6 Å². The molecular formula is C27H24N4O4. The highest BCUT2D eigenvalue weighted by atomic mass is 16.2. The van der Waals surface area contributed by atoms with Crippen LogP contribution in [0.1, 0.15) is 39.1 Å². The first-order chi connectivity index (χ1) is 17.0. The highest BCUT2D eigenvalue weighted by Gasteiger charge is 2.27. The monoisotopic (exact) mass is 468 g/mol. The molecule has 1 fully saturated rings. The Morgan fingerprint density at radius 3 is 2.49 bits per heavy atom. The number of nitrogens with one attached hydrogen (secondary N) is 2. The summed E-state index contributed by atoms with van der Waals surface area (Å²) in [5.74, 6) is -0.685. The van der Waals surface area contributed by atoms with Gasteiger partial charge in [0.1, 0.15) is 6.54 Å². The molecule has 2 aliphatic heterocycles. The summed E-state index contributed by atoms with van der Waals surface area (Å²) in [7, 11) is 0. The molecule has 2 heterocycles. The Labute approximate surface area is 202 Å². The Morgan fingerprint density at radius 2 is 1.71 bits per heavy atom. The van der Waals surface area contributed by atoms with Crippen LogP contribution in [0, 0.1) is 0 Å². The first kappa shape index (κ1) is 22.3. The predicted octanol–water partition coefficient (Wildman–Crippen LogP) is 3.66. The molecule has 8 nitrogen and oxygen atoms in total. The van der Waals surface area contributed by atoms with Crippen LogP contribution >= 0.6 is 0 Å². The molecule has 3 aromatic carbocycles. The van der Waals surface area contributed by atoms with Gasteiger partial charge in [-0.15, -0.1) is 0 Å². The first-order valence-corrected chi connectivity index (χ1v) is 11.5. The number of para-hydroxylation sites is 2. The fraction of sp³-hybridized carbons (Fsp3) is 0.185. The molecule has 1 saturated heterocycles.